The number of nitrogens with zero attached hydrogens (tertiary/aromatic N) is 3. The lowest BCUT2D eigenvalue weighted by Gasteiger charge is -2.42. The smallest absolute Gasteiger partial charge is 0.297 e. The van der Waals surface area contributed by atoms with E-state index in [0.29, 0.717) is 44.8 Å². The summed E-state index contributed by atoms with van der Waals surface area (Å²) < 4.78 is 97.7. The van der Waals surface area contributed by atoms with Crippen LogP contribution in [0.5, 0.6) is 0 Å². The van der Waals surface area contributed by atoms with Crippen LogP contribution in [0.25, 0.3) is 49.1 Å². The van der Waals surface area contributed by atoms with Crippen LogP contribution < -0.4 is 26.4 Å². The quantitative estimate of drug-likeness (QED) is 0.177. The Morgan fingerprint density at radius 3 is 1.96 bits per heavy atom. The summed E-state index contributed by atoms with van der Waals surface area (Å²) >= 11 is 0. The van der Waals surface area contributed by atoms with E-state index in [4.69, 9.17) is 12.6 Å². The third kappa shape index (κ3) is 3.15. The first-order valence-corrected chi connectivity index (χ1v) is 16.1. The van der Waals surface area contributed by atoms with E-state index in [1.807, 2.05) is 60.7 Å². The molecule has 0 bridgehead atoms. The molecule has 226 valence electrons. The van der Waals surface area contributed by atoms with Gasteiger partial charge in [-0.25, -0.2) is 0 Å². The van der Waals surface area contributed by atoms with Crippen molar-refractivity contribution in [1.82, 2.24) is 4.40 Å². The van der Waals surface area contributed by atoms with Gasteiger partial charge in [0, 0.05) is 55.4 Å². The number of aromatic nitrogens is 1. The molecular weight excluding hydrogens is 597 g/mol. The van der Waals surface area contributed by atoms with Gasteiger partial charge in [-0.15, -0.1) is 0 Å². The number of benzene rings is 7. The Kier molecular flexibility index (Phi) is 3.38. The van der Waals surface area contributed by atoms with Crippen molar-refractivity contribution < 1.29 is 18.1 Å². The van der Waals surface area contributed by atoms with Gasteiger partial charge in [-0.2, -0.15) is 0 Å². The summed E-state index contributed by atoms with van der Waals surface area (Å²) in [4.78, 5) is 3.40. The van der Waals surface area contributed by atoms with Gasteiger partial charge in [-0.1, -0.05) is 96.9 Å². The van der Waals surface area contributed by atoms with E-state index in [-0.39, 0.29) is 11.4 Å². The maximum Gasteiger partial charge on any atom is 0.297 e. The van der Waals surface area contributed by atoms with Crippen molar-refractivity contribution in [3.05, 3.63) is 157 Å². The largest absolute Gasteiger partial charge is 0.468 e. The van der Waals surface area contributed by atoms with E-state index in [1.165, 1.54) is 0 Å². The summed E-state index contributed by atoms with van der Waals surface area (Å²) in [5.74, 6) is 0. The molecule has 49 heavy (non-hydrogen) atoms. The van der Waals surface area contributed by atoms with Gasteiger partial charge in [0.05, 0.1) is 41.6 Å². The van der Waals surface area contributed by atoms with Crippen LogP contribution in [0, 0.1) is 0 Å². The lowest BCUT2D eigenvalue weighted by Crippen LogP contribution is -2.60. The second-order valence-corrected chi connectivity index (χ2v) is 12.6. The molecule has 0 atom stereocenters. The normalized spacial score (nSPS) is 16.4. The Labute approximate surface area is 296 Å². The molecule has 0 saturated carbocycles. The Morgan fingerprint density at radius 2 is 1.16 bits per heavy atom. The monoisotopic (exact) mass is 633 g/mol. The van der Waals surface area contributed by atoms with E-state index in [1.54, 1.807) is 15.9 Å². The Hall–Kier alpha value is -6.46. The lowest BCUT2D eigenvalue weighted by molar-refractivity contribution is 0.651. The number of furan rings is 1. The molecular formula is C44H26BN3O. The Balaban J connectivity index is 1.28. The average molecular weight is 634 g/mol. The van der Waals surface area contributed by atoms with Crippen molar-refractivity contribution in [2.75, 3.05) is 9.80 Å². The first-order valence-electron chi connectivity index (χ1n) is 21.1. The maximum absolute atomic E-state index is 9.28. The number of hydrogen-bond donors (Lipinski definition) is 0. The van der Waals surface area contributed by atoms with Crippen LogP contribution in [0.4, 0.5) is 34.1 Å². The zero-order valence-electron chi connectivity index (χ0n) is 35.6. The van der Waals surface area contributed by atoms with Gasteiger partial charge in [0.1, 0.15) is 5.58 Å². The molecule has 0 unspecified atom stereocenters. The van der Waals surface area contributed by atoms with Gasteiger partial charge in [0.25, 0.3) is 6.71 Å². The highest BCUT2D eigenvalue weighted by molar-refractivity contribution is 7.00. The second-order valence-electron chi connectivity index (χ2n) is 12.6. The topological polar surface area (TPSA) is 24.0 Å². The van der Waals surface area contributed by atoms with Gasteiger partial charge >= 0.3 is 0 Å². The molecule has 0 saturated heterocycles. The molecule has 0 aliphatic carbocycles. The molecule has 5 heterocycles. The molecule has 2 aliphatic heterocycles. The molecule has 0 spiro atoms. The number of fused-ring (bicyclic) bond motifs is 12. The number of para-hydroxylation sites is 5. The molecule has 2 aliphatic rings. The third-order valence-electron chi connectivity index (χ3n) is 10.3. The van der Waals surface area contributed by atoms with Crippen LogP contribution in [0.3, 0.4) is 0 Å². The minimum atomic E-state index is -0.637. The molecule has 10 aromatic rings. The summed E-state index contributed by atoms with van der Waals surface area (Å²) in [6, 6.07) is 26.9. The molecule has 3 aromatic heterocycles. The molecule has 0 fully saturated rings. The van der Waals surface area contributed by atoms with Gasteiger partial charge in [0.2, 0.25) is 0 Å². The predicted octanol–water partition coefficient (Wildman–Crippen LogP) is 9.67. The lowest BCUT2D eigenvalue weighted by atomic mass is 9.35. The first-order chi connectivity index (χ1) is 28.5. The van der Waals surface area contributed by atoms with Gasteiger partial charge in [0.15, 0.2) is 0 Å². The molecule has 0 amide bonds. The van der Waals surface area contributed by atoms with Crippen molar-refractivity contribution >= 4 is 106 Å². The zero-order chi connectivity index (χ0) is 40.5. The average Bonchev–Trinajstić information content (AvgIpc) is 3.92. The highest BCUT2D eigenvalue weighted by Crippen LogP contribution is 2.48. The number of anilines is 6. The Bertz CT molecular complexity index is 3510. The van der Waals surface area contributed by atoms with E-state index in [0.717, 1.165) is 43.6 Å². The molecule has 7 aromatic carbocycles. The summed E-state index contributed by atoms with van der Waals surface area (Å²) in [5, 5.41) is 4.83. The predicted molar refractivity (Wildman–Crippen MR) is 205 cm³/mol. The second kappa shape index (κ2) is 9.12. The van der Waals surface area contributed by atoms with Gasteiger partial charge in [-0.05, 0) is 71.5 Å². The third-order valence-corrected chi connectivity index (χ3v) is 10.3. The van der Waals surface area contributed by atoms with Gasteiger partial charge in [-0.3, -0.25) is 0 Å². The maximum atomic E-state index is 9.28. The van der Waals surface area contributed by atoms with E-state index < -0.39 is 67.1 Å². The van der Waals surface area contributed by atoms with Crippen molar-refractivity contribution in [2.24, 2.45) is 0 Å². The minimum absolute atomic E-state index is 0.0492. The van der Waals surface area contributed by atoms with Crippen LogP contribution in [-0.2, 0) is 0 Å². The van der Waals surface area contributed by atoms with E-state index in [2.05, 4.69) is 34.7 Å². The van der Waals surface area contributed by atoms with Crippen molar-refractivity contribution in [1.29, 1.82) is 0 Å². The van der Waals surface area contributed by atoms with Crippen LogP contribution >= 0.6 is 0 Å². The molecule has 4 nitrogen and oxygen atoms in total. The van der Waals surface area contributed by atoms with Crippen LogP contribution in [0.1, 0.15) is 13.7 Å². The van der Waals surface area contributed by atoms with Crippen LogP contribution in [0.2, 0.25) is 0 Å². The number of rotatable bonds is 2. The van der Waals surface area contributed by atoms with Crippen LogP contribution in [-0.4, -0.2) is 11.1 Å². The Morgan fingerprint density at radius 1 is 0.531 bits per heavy atom. The fraction of sp³-hybridized carbons (Fsp3) is 0. The molecule has 5 heteroatoms. The fourth-order valence-electron chi connectivity index (χ4n) is 8.47. The summed E-state index contributed by atoms with van der Waals surface area (Å²) in [5.41, 5.74) is 7.25. The molecule has 12 rings (SSSR count). The zero-order valence-corrected chi connectivity index (χ0v) is 25.6. The molecule has 0 N–H and O–H groups in total. The van der Waals surface area contributed by atoms with Crippen molar-refractivity contribution in [2.45, 2.75) is 0 Å². The van der Waals surface area contributed by atoms with Gasteiger partial charge < -0.3 is 18.6 Å². The standard InChI is InChI=1S/C44H26BN3O/c1-3-13-27(14-4-1)46-36-22-12-23-37-41(36)45(44-43(32-18-8-10-24-40(32)49-44)47(37)28-15-5-2-6-16-28)34-25-33-31-20-11-19-30-29-17-7-9-21-35(29)48(42(30)31)38(33)26-39(34)46/h1-26H/i1D,2D,3D,4D,5D,6D,13D,14D,15D,16D. The van der Waals surface area contributed by atoms with E-state index >= 15 is 0 Å². The molecule has 0 radical (unpaired) electrons. The SMILES string of the molecule is [2H]c1c([2H])c([2H])c(N2c3cc4c(cc3B3c5oc6ccccc6c5N(c5c([2H])c([2H])c([2H])c([2H])c5[2H])c5cccc2c53)c2cccc3c5ccccc5n4c32)c([2H])c1[2H]. The van der Waals surface area contributed by atoms with Crippen molar-refractivity contribution in [3.8, 4) is 0 Å². The summed E-state index contributed by atoms with van der Waals surface area (Å²) in [6.07, 6.45) is 0. The summed E-state index contributed by atoms with van der Waals surface area (Å²) in [6.45, 7) is -0.637. The minimum Gasteiger partial charge on any atom is -0.468 e. The van der Waals surface area contributed by atoms with Crippen LogP contribution in [0.15, 0.2) is 162 Å². The van der Waals surface area contributed by atoms with E-state index in [9.17, 15) is 5.48 Å². The fourth-order valence-corrected chi connectivity index (χ4v) is 8.47. The highest BCUT2D eigenvalue weighted by atomic mass is 16.3. The highest BCUT2D eigenvalue weighted by Gasteiger charge is 2.46. The first kappa shape index (κ1) is 18.2. The summed E-state index contributed by atoms with van der Waals surface area (Å²) in [7, 11) is 0. The van der Waals surface area contributed by atoms with Crippen molar-refractivity contribution in [3.63, 3.8) is 0 Å². The number of hydrogen-bond acceptors (Lipinski definition) is 3.